The van der Waals surface area contributed by atoms with Crippen molar-refractivity contribution in [1.29, 1.82) is 0 Å². The van der Waals surface area contributed by atoms with Gasteiger partial charge in [0, 0.05) is 45.4 Å². The summed E-state index contributed by atoms with van der Waals surface area (Å²) in [5, 5.41) is 2.93. The van der Waals surface area contributed by atoms with Gasteiger partial charge in [-0.15, -0.1) is 0 Å². The molecule has 0 saturated carbocycles. The second-order valence-electron chi connectivity index (χ2n) is 2.70. The molecular formula is C9H9N2OY-. The molecule has 2 rings (SSSR count). The van der Waals surface area contributed by atoms with Crippen molar-refractivity contribution in [3.63, 3.8) is 0 Å². The number of nitrogens with zero attached hydrogens (tertiary/aromatic N) is 1. The smallest absolute Gasteiger partial charge is 0.107 e. The van der Waals surface area contributed by atoms with Gasteiger partial charge in [0.25, 0.3) is 0 Å². The Morgan fingerprint density at radius 3 is 2.85 bits per heavy atom. The molecule has 13 heavy (non-hydrogen) atoms. The van der Waals surface area contributed by atoms with E-state index in [4.69, 9.17) is 0 Å². The molecule has 1 amide bonds. The number of anilines is 2. The van der Waals surface area contributed by atoms with Crippen LogP contribution in [0.15, 0.2) is 24.3 Å². The predicted octanol–water partition coefficient (Wildman–Crippen LogP) is 1.23. The fourth-order valence-electron chi connectivity index (χ4n) is 1.24. The number of hydrogen-bond acceptors (Lipinski definition) is 2. The second kappa shape index (κ2) is 4.12. The van der Waals surface area contributed by atoms with Gasteiger partial charge in [0.05, 0.1) is 5.69 Å². The molecule has 1 radical (unpaired) electrons. The van der Waals surface area contributed by atoms with Crippen molar-refractivity contribution in [2.75, 3.05) is 17.3 Å². The maximum Gasteiger partial charge on any atom is 0.107 e. The first kappa shape index (κ1) is 10.5. The van der Waals surface area contributed by atoms with Gasteiger partial charge in [-0.25, -0.2) is 6.54 Å². The quantitative estimate of drug-likeness (QED) is 0.702. The summed E-state index contributed by atoms with van der Waals surface area (Å²) in [5.74, 6) is -0.0197. The van der Waals surface area contributed by atoms with E-state index in [-0.39, 0.29) is 38.6 Å². The Morgan fingerprint density at radius 1 is 1.38 bits per heavy atom. The second-order valence-corrected chi connectivity index (χ2v) is 2.70. The number of likely N-dealkylation sites (N-methyl/N-ethyl adjacent to an activating group) is 1. The number of carbonyl (C=O) groups is 1. The standard InChI is InChI=1S/C9H9N2O.Y/c1-11-8-5-3-2-4-7(8)10-6-9(11)12;/h2-6,10H,1H3;/q-1;. The van der Waals surface area contributed by atoms with E-state index in [0.717, 1.165) is 11.4 Å². The zero-order valence-electron chi connectivity index (χ0n) is 7.32. The van der Waals surface area contributed by atoms with Crippen molar-refractivity contribution in [2.45, 2.75) is 0 Å². The summed E-state index contributed by atoms with van der Waals surface area (Å²) < 4.78 is 0. The van der Waals surface area contributed by atoms with Crippen molar-refractivity contribution in [2.24, 2.45) is 0 Å². The van der Waals surface area contributed by atoms with E-state index in [1.807, 2.05) is 24.3 Å². The Labute approximate surface area is 102 Å². The Bertz CT molecular complexity index is 327. The summed E-state index contributed by atoms with van der Waals surface area (Å²) in [6.45, 7) is 1.46. The number of para-hydroxylation sites is 2. The third-order valence-electron chi connectivity index (χ3n) is 1.95. The van der Waals surface area contributed by atoms with Crippen LogP contribution in [0.25, 0.3) is 0 Å². The number of carbonyl (C=O) groups excluding carboxylic acids is 1. The Hall–Kier alpha value is -0.536. The van der Waals surface area contributed by atoms with Crippen molar-refractivity contribution < 1.29 is 37.5 Å². The third kappa shape index (κ3) is 1.86. The zero-order valence-corrected chi connectivity index (χ0v) is 10.2. The molecular weight excluding hydrogens is 241 g/mol. The van der Waals surface area contributed by atoms with Gasteiger partial charge in [-0.2, -0.15) is 0 Å². The molecule has 0 unspecified atom stereocenters. The van der Waals surface area contributed by atoms with E-state index in [2.05, 4.69) is 5.32 Å². The predicted molar refractivity (Wildman–Crippen MR) is 47.8 cm³/mol. The molecule has 0 aromatic heterocycles. The SMILES string of the molecule is CN1C(=O)[CH-]Nc2ccccc21.[Y]. The zero-order chi connectivity index (χ0) is 8.55. The van der Waals surface area contributed by atoms with Crippen LogP contribution < -0.4 is 10.2 Å². The van der Waals surface area contributed by atoms with Gasteiger partial charge in [-0.05, 0) is 12.1 Å². The van der Waals surface area contributed by atoms with Crippen molar-refractivity contribution in [3.05, 3.63) is 30.8 Å². The molecule has 1 aliphatic rings. The molecule has 3 nitrogen and oxygen atoms in total. The van der Waals surface area contributed by atoms with Crippen LogP contribution in [0.3, 0.4) is 0 Å². The fourth-order valence-corrected chi connectivity index (χ4v) is 1.24. The van der Waals surface area contributed by atoms with Gasteiger partial charge in [0.15, 0.2) is 0 Å². The number of nitrogens with one attached hydrogen (secondary N) is 1. The van der Waals surface area contributed by atoms with Crippen LogP contribution in [-0.2, 0) is 37.5 Å². The Balaban J connectivity index is 0.000000845. The maximum atomic E-state index is 11.2. The molecule has 0 spiro atoms. The monoisotopic (exact) mass is 250 g/mol. The molecule has 4 heteroatoms. The van der Waals surface area contributed by atoms with Crippen LogP contribution in [0.2, 0.25) is 0 Å². The van der Waals surface area contributed by atoms with E-state index in [1.54, 1.807) is 11.9 Å². The summed E-state index contributed by atoms with van der Waals surface area (Å²) in [4.78, 5) is 12.8. The Kier molecular flexibility index (Phi) is 3.34. The molecule has 1 N–H and O–H groups in total. The average molecular weight is 250 g/mol. The van der Waals surface area contributed by atoms with E-state index in [0.29, 0.717) is 0 Å². The summed E-state index contributed by atoms with van der Waals surface area (Å²) in [7, 11) is 1.76. The van der Waals surface area contributed by atoms with Gasteiger partial charge >= 0.3 is 0 Å². The third-order valence-corrected chi connectivity index (χ3v) is 1.95. The number of benzene rings is 1. The summed E-state index contributed by atoms with van der Waals surface area (Å²) in [6, 6.07) is 7.70. The number of amides is 1. The topological polar surface area (TPSA) is 32.3 Å². The molecule has 1 aromatic rings. The number of hydrogen-bond donors (Lipinski definition) is 1. The van der Waals surface area contributed by atoms with Crippen molar-refractivity contribution >= 4 is 17.3 Å². The molecule has 0 bridgehead atoms. The minimum Gasteiger partial charge on any atom is -0.510 e. The minimum absolute atomic E-state index is 0. The molecule has 65 valence electrons. The molecule has 0 saturated heterocycles. The van der Waals surface area contributed by atoms with Gasteiger partial charge in [-0.3, -0.25) is 0 Å². The van der Waals surface area contributed by atoms with Crippen LogP contribution in [0, 0.1) is 6.54 Å². The van der Waals surface area contributed by atoms with Crippen LogP contribution in [-0.4, -0.2) is 13.0 Å². The van der Waals surface area contributed by atoms with Crippen LogP contribution in [0.1, 0.15) is 0 Å². The van der Waals surface area contributed by atoms with Crippen LogP contribution >= 0.6 is 0 Å². The molecule has 1 aromatic carbocycles. The fraction of sp³-hybridized carbons (Fsp3) is 0.111. The summed E-state index contributed by atoms with van der Waals surface area (Å²) >= 11 is 0. The Morgan fingerprint density at radius 2 is 2.08 bits per heavy atom. The normalized spacial score (nSPS) is 13.6. The van der Waals surface area contributed by atoms with Crippen LogP contribution in [0.4, 0.5) is 11.4 Å². The first-order valence-electron chi connectivity index (χ1n) is 3.75. The van der Waals surface area contributed by atoms with Crippen LogP contribution in [0.5, 0.6) is 0 Å². The van der Waals surface area contributed by atoms with Gasteiger partial charge in [-0.1, -0.05) is 12.1 Å². The summed E-state index contributed by atoms with van der Waals surface area (Å²) in [6.07, 6.45) is 0. The van der Waals surface area contributed by atoms with Gasteiger partial charge in [0.1, 0.15) is 5.91 Å². The van der Waals surface area contributed by atoms with E-state index < -0.39 is 0 Å². The van der Waals surface area contributed by atoms with Gasteiger partial charge < -0.3 is 15.0 Å². The first-order chi connectivity index (χ1) is 5.79. The molecule has 1 aliphatic heterocycles. The molecule has 0 atom stereocenters. The number of rotatable bonds is 0. The molecule has 0 aliphatic carbocycles. The van der Waals surface area contributed by atoms with Gasteiger partial charge in [0.2, 0.25) is 0 Å². The molecule has 0 fully saturated rings. The first-order valence-corrected chi connectivity index (χ1v) is 3.75. The minimum atomic E-state index is -0.0197. The maximum absolute atomic E-state index is 11.2. The number of fused-ring (bicyclic) bond motifs is 1. The van der Waals surface area contributed by atoms with Crippen molar-refractivity contribution in [3.8, 4) is 0 Å². The van der Waals surface area contributed by atoms with E-state index >= 15 is 0 Å². The van der Waals surface area contributed by atoms with E-state index in [1.165, 1.54) is 6.54 Å². The molecule has 1 heterocycles. The average Bonchev–Trinajstić information content (AvgIpc) is 2.12. The van der Waals surface area contributed by atoms with E-state index in [9.17, 15) is 4.79 Å². The van der Waals surface area contributed by atoms with Crippen molar-refractivity contribution in [1.82, 2.24) is 0 Å². The largest absolute Gasteiger partial charge is 0.510 e. The summed E-state index contributed by atoms with van der Waals surface area (Å²) in [5.41, 5.74) is 1.89.